The zero-order valence-corrected chi connectivity index (χ0v) is 15.8. The van der Waals surface area contributed by atoms with Crippen LogP contribution in [0, 0.1) is 5.92 Å². The molecule has 2 aromatic carbocycles. The van der Waals surface area contributed by atoms with E-state index < -0.39 is 5.92 Å². The number of rotatable bonds is 5. The molecule has 0 aromatic heterocycles. The predicted octanol–water partition coefficient (Wildman–Crippen LogP) is 2.96. The molecule has 1 N–H and O–H groups in total. The number of carbonyl (C=O) groups excluding carboxylic acids is 2. The Morgan fingerprint density at radius 1 is 1.23 bits per heavy atom. The lowest BCUT2D eigenvalue weighted by molar-refractivity contribution is -0.126. The van der Waals surface area contributed by atoms with Crippen LogP contribution in [-0.2, 0) is 9.59 Å². The lowest BCUT2D eigenvalue weighted by Gasteiger charge is -2.16. The molecule has 2 aromatic rings. The van der Waals surface area contributed by atoms with Crippen LogP contribution in [0.15, 0.2) is 58.1 Å². The van der Waals surface area contributed by atoms with E-state index in [2.05, 4.69) is 26.5 Å². The molecule has 0 aliphatic carbocycles. The summed E-state index contributed by atoms with van der Waals surface area (Å²) in [5, 5.41) is 3.97. The minimum absolute atomic E-state index is 0.0633. The molecule has 0 saturated carbocycles. The van der Waals surface area contributed by atoms with E-state index in [4.69, 9.17) is 4.74 Å². The van der Waals surface area contributed by atoms with Crippen molar-refractivity contribution in [1.82, 2.24) is 5.43 Å². The number of amides is 2. The number of carbonyl (C=O) groups is 2. The van der Waals surface area contributed by atoms with Crippen LogP contribution >= 0.6 is 15.9 Å². The number of anilines is 1. The highest BCUT2D eigenvalue weighted by Crippen LogP contribution is 2.26. The molecule has 6 nitrogen and oxygen atoms in total. The maximum Gasteiger partial charge on any atom is 0.245 e. The van der Waals surface area contributed by atoms with Gasteiger partial charge in [-0.2, -0.15) is 5.10 Å². The van der Waals surface area contributed by atoms with Gasteiger partial charge in [0, 0.05) is 23.1 Å². The summed E-state index contributed by atoms with van der Waals surface area (Å²) in [6.45, 7) is 0.352. The van der Waals surface area contributed by atoms with Crippen LogP contribution in [-0.4, -0.2) is 31.7 Å². The highest BCUT2D eigenvalue weighted by Gasteiger charge is 2.35. The van der Waals surface area contributed by atoms with Gasteiger partial charge in [0.15, 0.2) is 0 Å². The van der Waals surface area contributed by atoms with Crippen molar-refractivity contribution in [3.05, 3.63) is 58.6 Å². The van der Waals surface area contributed by atoms with Gasteiger partial charge in [-0.3, -0.25) is 9.59 Å². The van der Waals surface area contributed by atoms with Crippen LogP contribution in [0.5, 0.6) is 5.75 Å². The number of hydrazone groups is 1. The summed E-state index contributed by atoms with van der Waals surface area (Å²) < 4.78 is 6.03. The number of benzene rings is 2. The number of hydrogen-bond donors (Lipinski definition) is 1. The number of nitrogens with one attached hydrogen (secondary N) is 1. The Balaban J connectivity index is 1.57. The Bertz CT molecular complexity index is 819. The Hall–Kier alpha value is -2.67. The monoisotopic (exact) mass is 415 g/mol. The summed E-state index contributed by atoms with van der Waals surface area (Å²) in [7, 11) is 1.60. The number of halogens is 1. The molecule has 7 heteroatoms. The maximum atomic E-state index is 12.3. The van der Waals surface area contributed by atoms with Crippen LogP contribution in [0.4, 0.5) is 5.69 Å². The summed E-state index contributed by atoms with van der Waals surface area (Å²) in [5.74, 6) is 0.0113. The number of nitrogens with zero attached hydrogens (tertiary/aromatic N) is 2. The molecule has 26 heavy (non-hydrogen) atoms. The quantitative estimate of drug-likeness (QED) is 0.602. The van der Waals surface area contributed by atoms with E-state index in [0.717, 1.165) is 21.5 Å². The first kappa shape index (κ1) is 18.1. The molecule has 1 aliphatic rings. The molecule has 0 bridgehead atoms. The van der Waals surface area contributed by atoms with Crippen molar-refractivity contribution in [1.29, 1.82) is 0 Å². The van der Waals surface area contributed by atoms with E-state index in [0.29, 0.717) is 6.54 Å². The maximum absolute atomic E-state index is 12.3. The average Bonchev–Trinajstić information content (AvgIpc) is 3.05. The molecule has 2 amide bonds. The van der Waals surface area contributed by atoms with Gasteiger partial charge in [-0.25, -0.2) is 5.43 Å². The van der Waals surface area contributed by atoms with Gasteiger partial charge in [-0.05, 0) is 54.1 Å². The van der Waals surface area contributed by atoms with Crippen LogP contribution in [0.2, 0.25) is 0 Å². The van der Waals surface area contributed by atoms with E-state index in [9.17, 15) is 9.59 Å². The van der Waals surface area contributed by atoms with Gasteiger partial charge in [0.2, 0.25) is 11.8 Å². The predicted molar refractivity (Wildman–Crippen MR) is 103 cm³/mol. The Morgan fingerprint density at radius 3 is 2.58 bits per heavy atom. The zero-order chi connectivity index (χ0) is 18.5. The third kappa shape index (κ3) is 4.29. The number of ether oxygens (including phenoxy) is 1. The van der Waals surface area contributed by atoms with Crippen LogP contribution in [0.3, 0.4) is 0 Å². The van der Waals surface area contributed by atoms with Crippen LogP contribution in [0.1, 0.15) is 12.0 Å². The van der Waals surface area contributed by atoms with E-state index in [-0.39, 0.29) is 18.2 Å². The molecule has 3 rings (SSSR count). The van der Waals surface area contributed by atoms with Crippen molar-refractivity contribution >= 4 is 39.6 Å². The lowest BCUT2D eigenvalue weighted by atomic mass is 10.1. The van der Waals surface area contributed by atoms with E-state index in [1.54, 1.807) is 18.2 Å². The van der Waals surface area contributed by atoms with E-state index in [1.807, 2.05) is 48.5 Å². The summed E-state index contributed by atoms with van der Waals surface area (Å²) in [5.41, 5.74) is 4.14. The molecule has 134 valence electrons. The number of hydrogen-bond acceptors (Lipinski definition) is 4. The lowest BCUT2D eigenvalue weighted by Crippen LogP contribution is -2.30. The smallest absolute Gasteiger partial charge is 0.245 e. The van der Waals surface area contributed by atoms with Crippen molar-refractivity contribution < 1.29 is 14.3 Å². The summed E-state index contributed by atoms with van der Waals surface area (Å²) >= 11 is 3.37. The standard InChI is InChI=1S/C19H18BrN3O3/c1-26-17-8-2-13(3-9-17)11-21-22-19(25)14-10-18(24)23(12-14)16-6-4-15(20)5-7-16/h2-9,11,14H,10,12H2,1H3,(H,22,25). The first-order chi connectivity index (χ1) is 12.6. The van der Waals surface area contributed by atoms with Crippen LogP contribution < -0.4 is 15.1 Å². The fourth-order valence-corrected chi connectivity index (χ4v) is 2.97. The van der Waals surface area contributed by atoms with Gasteiger partial charge >= 0.3 is 0 Å². The van der Waals surface area contributed by atoms with Gasteiger partial charge in [0.05, 0.1) is 19.2 Å². The highest BCUT2D eigenvalue weighted by atomic mass is 79.9. The molecule has 1 heterocycles. The molecule has 0 radical (unpaired) electrons. The van der Waals surface area contributed by atoms with Crippen molar-refractivity contribution in [3.63, 3.8) is 0 Å². The van der Waals surface area contributed by atoms with E-state index >= 15 is 0 Å². The summed E-state index contributed by atoms with van der Waals surface area (Å²) in [6, 6.07) is 14.7. The molecular weight excluding hydrogens is 398 g/mol. The molecule has 0 spiro atoms. The van der Waals surface area contributed by atoms with Gasteiger partial charge in [0.25, 0.3) is 0 Å². The molecule has 1 aliphatic heterocycles. The van der Waals surface area contributed by atoms with Gasteiger partial charge in [0.1, 0.15) is 5.75 Å². The number of methoxy groups -OCH3 is 1. The third-order valence-corrected chi connectivity index (χ3v) is 4.67. The van der Waals surface area contributed by atoms with Gasteiger partial charge in [-0.1, -0.05) is 15.9 Å². The van der Waals surface area contributed by atoms with Crippen molar-refractivity contribution in [2.75, 3.05) is 18.6 Å². The second kappa shape index (κ2) is 8.14. The Kier molecular flexibility index (Phi) is 5.68. The summed E-state index contributed by atoms with van der Waals surface area (Å²) in [6.07, 6.45) is 1.74. The first-order valence-electron chi connectivity index (χ1n) is 8.09. The summed E-state index contributed by atoms with van der Waals surface area (Å²) in [4.78, 5) is 26.1. The van der Waals surface area contributed by atoms with Gasteiger partial charge < -0.3 is 9.64 Å². The van der Waals surface area contributed by atoms with Crippen molar-refractivity contribution in [3.8, 4) is 5.75 Å². The molecule has 1 saturated heterocycles. The fraction of sp³-hybridized carbons (Fsp3) is 0.211. The largest absolute Gasteiger partial charge is 0.497 e. The zero-order valence-electron chi connectivity index (χ0n) is 14.2. The Morgan fingerprint density at radius 2 is 1.92 bits per heavy atom. The van der Waals surface area contributed by atoms with Gasteiger partial charge in [-0.15, -0.1) is 0 Å². The SMILES string of the molecule is COc1ccc(C=NNC(=O)C2CC(=O)N(c3ccc(Br)cc3)C2)cc1. The van der Waals surface area contributed by atoms with Crippen molar-refractivity contribution in [2.24, 2.45) is 11.0 Å². The second-order valence-corrected chi connectivity index (χ2v) is 6.80. The minimum atomic E-state index is -0.417. The third-order valence-electron chi connectivity index (χ3n) is 4.14. The minimum Gasteiger partial charge on any atom is -0.497 e. The first-order valence-corrected chi connectivity index (χ1v) is 8.89. The Labute approximate surface area is 160 Å². The topological polar surface area (TPSA) is 71.0 Å². The highest BCUT2D eigenvalue weighted by molar-refractivity contribution is 9.10. The van der Waals surface area contributed by atoms with Crippen molar-refractivity contribution in [2.45, 2.75) is 6.42 Å². The molecule has 1 fully saturated rings. The second-order valence-electron chi connectivity index (χ2n) is 5.89. The molecular formula is C19H18BrN3O3. The average molecular weight is 416 g/mol. The molecule has 1 unspecified atom stereocenters. The normalized spacial score (nSPS) is 16.9. The van der Waals surface area contributed by atoms with E-state index in [1.165, 1.54) is 0 Å². The molecule has 1 atom stereocenters. The van der Waals surface area contributed by atoms with Crippen LogP contribution in [0.25, 0.3) is 0 Å². The fourth-order valence-electron chi connectivity index (χ4n) is 2.71.